The van der Waals surface area contributed by atoms with Gasteiger partial charge in [0.1, 0.15) is 12.0 Å². The summed E-state index contributed by atoms with van der Waals surface area (Å²) in [6.07, 6.45) is 19.5. The van der Waals surface area contributed by atoms with Crippen molar-refractivity contribution in [3.05, 3.63) is 42.2 Å². The number of nitrogen functional groups attached to an aromatic ring is 1. The molecule has 1 aliphatic heterocycles. The number of nitrogens with zero attached hydrogens (tertiary/aromatic N) is 3. The van der Waals surface area contributed by atoms with Gasteiger partial charge in [-0.3, -0.25) is 4.79 Å². The Hall–Kier alpha value is -2.83. The largest absolute Gasteiger partial charge is 0.382 e. The molecule has 1 aromatic carbocycles. The number of anilines is 3. The Bertz CT molecular complexity index is 972. The standard InChI is InChI=1S/C26H38N6O.C5H10.CH4/c1-2-21(32-18-30-24-25(27)28-17-29-26(24)32)12-6-7-14-23(33)31-22-13-8-11-20(22)16-15-19-9-4-3-5-10-19;1-2-4-5-3-1;/h3-5,9-10,17,20-22,30H,2,6-8,11-16,18H2,1H3,(H,31,33)(H2,27,28,29);1-5H2;1H4/t20-,21?,22?;;/m0../s1. The molecule has 5 rings (SSSR count). The molecule has 2 unspecified atom stereocenters. The fraction of sp³-hybridized carbons (Fsp3) is 0.656. The third-order valence-corrected chi connectivity index (χ3v) is 8.56. The number of hydrogen-bond acceptors (Lipinski definition) is 6. The van der Waals surface area contributed by atoms with Gasteiger partial charge in [-0.15, -0.1) is 0 Å². The van der Waals surface area contributed by atoms with Gasteiger partial charge in [0.25, 0.3) is 0 Å². The summed E-state index contributed by atoms with van der Waals surface area (Å²) in [5.41, 5.74) is 8.21. The van der Waals surface area contributed by atoms with Crippen LogP contribution in [0.5, 0.6) is 0 Å². The highest BCUT2D eigenvalue weighted by molar-refractivity contribution is 5.80. The number of unbranched alkanes of at least 4 members (excludes halogenated alkanes) is 1. The summed E-state index contributed by atoms with van der Waals surface area (Å²) < 4.78 is 0. The van der Waals surface area contributed by atoms with E-state index in [1.54, 1.807) is 0 Å². The van der Waals surface area contributed by atoms with E-state index in [1.165, 1.54) is 56.8 Å². The van der Waals surface area contributed by atoms with Crippen molar-refractivity contribution in [2.24, 2.45) is 5.92 Å². The zero-order valence-electron chi connectivity index (χ0n) is 23.3. The predicted molar refractivity (Wildman–Crippen MR) is 164 cm³/mol. The second-order valence-electron chi connectivity index (χ2n) is 11.2. The average Bonchev–Trinajstić information content (AvgIpc) is 3.72. The minimum Gasteiger partial charge on any atom is -0.382 e. The number of aryl methyl sites for hydroxylation is 1. The molecule has 2 fully saturated rings. The van der Waals surface area contributed by atoms with Gasteiger partial charge in [-0.25, -0.2) is 9.97 Å². The van der Waals surface area contributed by atoms with Crippen LogP contribution in [0.3, 0.4) is 0 Å². The number of amides is 1. The number of carbonyl (C=O) groups excluding carboxylic acids is 1. The number of aromatic nitrogens is 2. The molecule has 1 amide bonds. The Morgan fingerprint density at radius 1 is 1.08 bits per heavy atom. The van der Waals surface area contributed by atoms with Crippen molar-refractivity contribution in [3.8, 4) is 0 Å². The molecule has 4 N–H and O–H groups in total. The third-order valence-electron chi connectivity index (χ3n) is 8.56. The van der Waals surface area contributed by atoms with E-state index < -0.39 is 0 Å². The second kappa shape index (κ2) is 16.3. The maximum atomic E-state index is 12.6. The van der Waals surface area contributed by atoms with E-state index >= 15 is 0 Å². The van der Waals surface area contributed by atoms with Crippen LogP contribution in [0.25, 0.3) is 0 Å². The first kappa shape index (κ1) is 30.7. The van der Waals surface area contributed by atoms with Crippen molar-refractivity contribution in [1.29, 1.82) is 0 Å². The van der Waals surface area contributed by atoms with Crippen molar-refractivity contribution < 1.29 is 4.79 Å². The fourth-order valence-electron chi connectivity index (χ4n) is 6.30. The van der Waals surface area contributed by atoms with E-state index in [0.29, 0.717) is 36.9 Å². The van der Waals surface area contributed by atoms with E-state index in [0.717, 1.165) is 56.5 Å². The van der Waals surface area contributed by atoms with Crippen molar-refractivity contribution in [3.63, 3.8) is 0 Å². The Labute approximate surface area is 236 Å². The molecule has 0 bridgehead atoms. The molecule has 2 saturated carbocycles. The van der Waals surface area contributed by atoms with Crippen molar-refractivity contribution in [1.82, 2.24) is 15.3 Å². The van der Waals surface area contributed by atoms with Crippen LogP contribution in [0.2, 0.25) is 0 Å². The van der Waals surface area contributed by atoms with Crippen molar-refractivity contribution >= 4 is 23.2 Å². The van der Waals surface area contributed by atoms with Gasteiger partial charge in [-0.1, -0.05) is 89.6 Å². The normalized spacial score (nSPS) is 20.3. The summed E-state index contributed by atoms with van der Waals surface area (Å²) in [6.45, 7) is 2.92. The van der Waals surface area contributed by atoms with Gasteiger partial charge in [0.05, 0.1) is 6.67 Å². The zero-order valence-corrected chi connectivity index (χ0v) is 23.3. The average molecular weight is 537 g/mol. The molecule has 2 heterocycles. The lowest BCUT2D eigenvalue weighted by molar-refractivity contribution is -0.122. The Morgan fingerprint density at radius 3 is 2.54 bits per heavy atom. The molecule has 2 aliphatic carbocycles. The lowest BCUT2D eigenvalue weighted by atomic mass is 9.94. The molecule has 7 nitrogen and oxygen atoms in total. The summed E-state index contributed by atoms with van der Waals surface area (Å²) in [5, 5.41) is 6.67. The maximum Gasteiger partial charge on any atom is 0.220 e. The maximum absolute atomic E-state index is 12.6. The molecule has 3 aliphatic rings. The van der Waals surface area contributed by atoms with Crippen LogP contribution in [0, 0.1) is 5.92 Å². The van der Waals surface area contributed by atoms with Crippen LogP contribution in [0.4, 0.5) is 17.3 Å². The molecular weight excluding hydrogens is 484 g/mol. The van der Waals surface area contributed by atoms with Crippen molar-refractivity contribution in [2.45, 2.75) is 123 Å². The number of hydrogen-bond donors (Lipinski definition) is 3. The van der Waals surface area contributed by atoms with E-state index in [-0.39, 0.29) is 13.3 Å². The second-order valence-corrected chi connectivity index (χ2v) is 11.2. The topological polar surface area (TPSA) is 96.2 Å². The number of nitrogens with two attached hydrogens (primary N) is 1. The smallest absolute Gasteiger partial charge is 0.220 e. The molecule has 0 radical (unpaired) electrons. The molecular formula is C32H52N6O. The molecule has 3 atom stereocenters. The lowest BCUT2D eigenvalue weighted by Gasteiger charge is -2.27. The van der Waals surface area contributed by atoms with Gasteiger partial charge < -0.3 is 21.3 Å². The summed E-state index contributed by atoms with van der Waals surface area (Å²) in [4.78, 5) is 23.4. The third kappa shape index (κ3) is 9.11. The predicted octanol–water partition coefficient (Wildman–Crippen LogP) is 7.09. The first-order chi connectivity index (χ1) is 18.7. The van der Waals surface area contributed by atoms with Gasteiger partial charge in [-0.05, 0) is 56.4 Å². The van der Waals surface area contributed by atoms with Gasteiger partial charge in [0.15, 0.2) is 11.6 Å². The van der Waals surface area contributed by atoms with Crippen LogP contribution in [-0.4, -0.2) is 34.6 Å². The fourth-order valence-corrected chi connectivity index (χ4v) is 6.30. The van der Waals surface area contributed by atoms with Gasteiger partial charge >= 0.3 is 0 Å². The molecule has 0 saturated heterocycles. The van der Waals surface area contributed by atoms with Crippen LogP contribution in [0.15, 0.2) is 36.7 Å². The molecule has 7 heteroatoms. The van der Waals surface area contributed by atoms with Gasteiger partial charge in [0, 0.05) is 18.5 Å². The van der Waals surface area contributed by atoms with Gasteiger partial charge in [-0.2, -0.15) is 0 Å². The van der Waals surface area contributed by atoms with E-state index in [4.69, 9.17) is 5.73 Å². The van der Waals surface area contributed by atoms with Gasteiger partial charge in [0.2, 0.25) is 5.91 Å². The minimum atomic E-state index is 0. The van der Waals surface area contributed by atoms with Crippen LogP contribution in [-0.2, 0) is 11.2 Å². The highest BCUT2D eigenvalue weighted by atomic mass is 16.1. The highest BCUT2D eigenvalue weighted by Crippen LogP contribution is 2.35. The summed E-state index contributed by atoms with van der Waals surface area (Å²) in [6, 6.07) is 11.4. The molecule has 0 spiro atoms. The first-order valence-corrected chi connectivity index (χ1v) is 15.1. The van der Waals surface area contributed by atoms with E-state index in [9.17, 15) is 4.79 Å². The summed E-state index contributed by atoms with van der Waals surface area (Å²) >= 11 is 0. The number of carbonyl (C=O) groups is 1. The summed E-state index contributed by atoms with van der Waals surface area (Å²) in [5.74, 6) is 2.22. The van der Waals surface area contributed by atoms with Crippen LogP contribution >= 0.6 is 0 Å². The Balaban J connectivity index is 0.000000630. The number of rotatable bonds is 11. The number of nitrogens with one attached hydrogen (secondary N) is 2. The number of benzene rings is 1. The molecule has 2 aromatic rings. The summed E-state index contributed by atoms with van der Waals surface area (Å²) in [7, 11) is 0. The quantitative estimate of drug-likeness (QED) is 0.265. The monoisotopic (exact) mass is 536 g/mol. The Morgan fingerprint density at radius 2 is 1.82 bits per heavy atom. The first-order valence-electron chi connectivity index (χ1n) is 15.1. The highest BCUT2D eigenvalue weighted by Gasteiger charge is 2.29. The number of fused-ring (bicyclic) bond motifs is 1. The van der Waals surface area contributed by atoms with E-state index in [2.05, 4.69) is 62.8 Å². The molecule has 1 aromatic heterocycles. The lowest BCUT2D eigenvalue weighted by Crippen LogP contribution is -2.37. The van der Waals surface area contributed by atoms with Crippen molar-refractivity contribution in [2.75, 3.05) is 22.6 Å². The van der Waals surface area contributed by atoms with E-state index in [1.807, 2.05) is 0 Å². The minimum absolute atomic E-state index is 0. The van der Waals surface area contributed by atoms with Crippen LogP contribution < -0.4 is 21.3 Å². The molecule has 39 heavy (non-hydrogen) atoms. The SMILES string of the molecule is C.C1CCCC1.CCC(CCCCC(=O)NC1CCC[C@H]1CCc1ccccc1)N1CNc2c(N)ncnc21. The Kier molecular flexibility index (Phi) is 12.8. The molecule has 216 valence electrons. The zero-order chi connectivity index (χ0) is 26.6. The van der Waals surface area contributed by atoms with Crippen LogP contribution in [0.1, 0.15) is 110 Å².